The fourth-order valence-corrected chi connectivity index (χ4v) is 2.54. The van der Waals surface area contributed by atoms with Crippen LogP contribution in [0.4, 0.5) is 0 Å². The van der Waals surface area contributed by atoms with Crippen LogP contribution in [0.15, 0.2) is 23.3 Å². The van der Waals surface area contributed by atoms with Crippen LogP contribution >= 0.6 is 12.2 Å². The Morgan fingerprint density at radius 1 is 1.33 bits per heavy atom. The fourth-order valence-electron chi connectivity index (χ4n) is 2.39. The van der Waals surface area contributed by atoms with Crippen molar-refractivity contribution in [3.63, 3.8) is 0 Å². The van der Waals surface area contributed by atoms with Crippen LogP contribution in [-0.4, -0.2) is 64.9 Å². The zero-order chi connectivity index (χ0) is 17.2. The smallest absolute Gasteiger partial charge is 0.187 e. The molecule has 0 saturated carbocycles. The van der Waals surface area contributed by atoms with E-state index in [-0.39, 0.29) is 0 Å². The van der Waals surface area contributed by atoms with E-state index in [1.165, 1.54) is 4.90 Å². The van der Waals surface area contributed by atoms with Crippen LogP contribution in [-0.2, 0) is 4.74 Å². The molecule has 0 radical (unpaired) electrons. The third-order valence-electron chi connectivity index (χ3n) is 3.77. The maximum Gasteiger partial charge on any atom is 0.187 e. The summed E-state index contributed by atoms with van der Waals surface area (Å²) in [5, 5.41) is 7.81. The molecule has 8 heteroatoms. The number of hydrogen-bond donors (Lipinski definition) is 3. The summed E-state index contributed by atoms with van der Waals surface area (Å²) in [6.45, 7) is 5.61. The van der Waals surface area contributed by atoms with Gasteiger partial charge in [-0.1, -0.05) is 0 Å². The Morgan fingerprint density at radius 3 is 2.83 bits per heavy atom. The molecule has 2 rings (SSSR count). The molecule has 0 bridgehead atoms. The zero-order valence-electron chi connectivity index (χ0n) is 14.1. The van der Waals surface area contributed by atoms with Gasteiger partial charge in [-0.2, -0.15) is 5.10 Å². The van der Waals surface area contributed by atoms with Crippen molar-refractivity contribution in [2.45, 2.75) is 0 Å². The number of nitrogens with zero attached hydrogens (tertiary/aromatic N) is 1. The van der Waals surface area contributed by atoms with Gasteiger partial charge in [-0.05, 0) is 24.4 Å². The molecular formula is C16H25N4O3S+. The van der Waals surface area contributed by atoms with E-state index in [4.69, 9.17) is 26.4 Å². The molecule has 1 aliphatic heterocycles. The molecule has 1 saturated heterocycles. The van der Waals surface area contributed by atoms with Gasteiger partial charge in [0.25, 0.3) is 0 Å². The molecule has 3 N–H and O–H groups in total. The van der Waals surface area contributed by atoms with Crippen LogP contribution in [0, 0.1) is 0 Å². The molecule has 24 heavy (non-hydrogen) atoms. The third kappa shape index (κ3) is 5.95. The van der Waals surface area contributed by atoms with Crippen molar-refractivity contribution >= 4 is 23.5 Å². The lowest BCUT2D eigenvalue weighted by Crippen LogP contribution is -3.14. The number of hydrazone groups is 1. The normalized spacial score (nSPS) is 15.2. The highest BCUT2D eigenvalue weighted by molar-refractivity contribution is 7.80. The van der Waals surface area contributed by atoms with E-state index in [9.17, 15) is 0 Å². The van der Waals surface area contributed by atoms with Crippen LogP contribution in [0.2, 0.25) is 0 Å². The molecule has 0 unspecified atom stereocenters. The predicted molar refractivity (Wildman–Crippen MR) is 97.3 cm³/mol. The van der Waals surface area contributed by atoms with E-state index in [1.54, 1.807) is 20.4 Å². The van der Waals surface area contributed by atoms with Crippen LogP contribution in [0.1, 0.15) is 5.56 Å². The molecule has 0 aromatic heterocycles. The van der Waals surface area contributed by atoms with Crippen molar-refractivity contribution in [3.8, 4) is 11.5 Å². The van der Waals surface area contributed by atoms with Gasteiger partial charge in [-0.25, -0.2) is 0 Å². The molecule has 0 atom stereocenters. The molecule has 1 fully saturated rings. The Kier molecular flexibility index (Phi) is 7.73. The highest BCUT2D eigenvalue weighted by Gasteiger charge is 2.12. The van der Waals surface area contributed by atoms with Gasteiger partial charge in [0.1, 0.15) is 24.6 Å². The summed E-state index contributed by atoms with van der Waals surface area (Å²) in [6, 6.07) is 5.54. The van der Waals surface area contributed by atoms with Gasteiger partial charge in [-0.3, -0.25) is 5.43 Å². The molecular weight excluding hydrogens is 328 g/mol. The number of benzene rings is 1. The Balaban J connectivity index is 1.73. The van der Waals surface area contributed by atoms with E-state index in [2.05, 4.69) is 15.8 Å². The summed E-state index contributed by atoms with van der Waals surface area (Å²) in [5.74, 6) is 1.43. The van der Waals surface area contributed by atoms with Crippen molar-refractivity contribution in [3.05, 3.63) is 23.8 Å². The summed E-state index contributed by atoms with van der Waals surface area (Å²) in [4.78, 5) is 1.53. The maximum atomic E-state index is 5.34. The van der Waals surface area contributed by atoms with Crippen molar-refractivity contribution in [2.24, 2.45) is 5.10 Å². The second kappa shape index (κ2) is 10.1. The van der Waals surface area contributed by atoms with Crippen LogP contribution in [0.3, 0.4) is 0 Å². The molecule has 1 aromatic rings. The largest absolute Gasteiger partial charge is 0.497 e. The number of rotatable bonds is 7. The van der Waals surface area contributed by atoms with E-state index >= 15 is 0 Å². The molecule has 1 aliphatic rings. The minimum absolute atomic E-state index is 0.506. The van der Waals surface area contributed by atoms with E-state index < -0.39 is 0 Å². The summed E-state index contributed by atoms with van der Waals surface area (Å²) in [6.07, 6.45) is 1.67. The van der Waals surface area contributed by atoms with E-state index in [1.807, 2.05) is 18.2 Å². The quantitative estimate of drug-likeness (QED) is 0.346. The Hall–Kier alpha value is -1.90. The predicted octanol–water partition coefficient (Wildman–Crippen LogP) is -0.583. The first-order valence-corrected chi connectivity index (χ1v) is 8.34. The first kappa shape index (κ1) is 18.4. The fraction of sp³-hybridized carbons (Fsp3) is 0.500. The number of ether oxygens (including phenoxy) is 3. The summed E-state index contributed by atoms with van der Waals surface area (Å²) < 4.78 is 15.8. The molecule has 132 valence electrons. The molecule has 1 heterocycles. The van der Waals surface area contributed by atoms with Gasteiger partial charge in [0.05, 0.1) is 46.7 Å². The van der Waals surface area contributed by atoms with Gasteiger partial charge in [0.2, 0.25) is 0 Å². The molecule has 0 spiro atoms. The third-order valence-corrected chi connectivity index (χ3v) is 4.01. The lowest BCUT2D eigenvalue weighted by atomic mass is 10.2. The second-order valence-electron chi connectivity index (χ2n) is 5.35. The van der Waals surface area contributed by atoms with Crippen molar-refractivity contribution in [2.75, 3.05) is 53.6 Å². The van der Waals surface area contributed by atoms with E-state index in [0.717, 1.165) is 50.7 Å². The maximum absolute atomic E-state index is 5.34. The van der Waals surface area contributed by atoms with Crippen LogP contribution in [0.25, 0.3) is 0 Å². The number of quaternary nitrogens is 1. The zero-order valence-corrected chi connectivity index (χ0v) is 14.9. The Labute approximate surface area is 147 Å². The highest BCUT2D eigenvalue weighted by Crippen LogP contribution is 2.22. The highest BCUT2D eigenvalue weighted by atomic mass is 32.1. The van der Waals surface area contributed by atoms with Crippen LogP contribution in [0.5, 0.6) is 11.5 Å². The van der Waals surface area contributed by atoms with Crippen LogP contribution < -0.4 is 25.1 Å². The second-order valence-corrected chi connectivity index (χ2v) is 5.75. The van der Waals surface area contributed by atoms with Gasteiger partial charge in [0, 0.05) is 11.6 Å². The molecule has 0 aliphatic carbocycles. The number of morpholine rings is 1. The monoisotopic (exact) mass is 353 g/mol. The topological polar surface area (TPSA) is 68.5 Å². The lowest BCUT2D eigenvalue weighted by Gasteiger charge is -2.23. The summed E-state index contributed by atoms with van der Waals surface area (Å²) in [5.41, 5.74) is 3.66. The van der Waals surface area contributed by atoms with Crippen molar-refractivity contribution in [1.82, 2.24) is 10.7 Å². The Bertz CT molecular complexity index is 562. The van der Waals surface area contributed by atoms with Gasteiger partial charge < -0.3 is 24.4 Å². The van der Waals surface area contributed by atoms with Crippen molar-refractivity contribution < 1.29 is 19.1 Å². The standard InChI is InChI=1S/C16H24N4O3S/c1-21-14-4-3-13(15(11-14)22-2)12-18-19-16(24)17-5-6-20-7-9-23-10-8-20/h3-4,11-12H,5-10H2,1-2H3,(H2,17,19,24)/p+1/b18-12-. The van der Waals surface area contributed by atoms with Gasteiger partial charge in [0.15, 0.2) is 5.11 Å². The van der Waals surface area contributed by atoms with Gasteiger partial charge in [-0.15, -0.1) is 0 Å². The summed E-state index contributed by atoms with van der Waals surface area (Å²) in [7, 11) is 3.23. The van der Waals surface area contributed by atoms with Gasteiger partial charge >= 0.3 is 0 Å². The minimum atomic E-state index is 0.506. The van der Waals surface area contributed by atoms with Crippen molar-refractivity contribution in [1.29, 1.82) is 0 Å². The molecule has 7 nitrogen and oxygen atoms in total. The summed E-state index contributed by atoms with van der Waals surface area (Å²) >= 11 is 5.22. The molecule has 1 aromatic carbocycles. The average Bonchev–Trinajstić information content (AvgIpc) is 2.62. The number of methoxy groups -OCH3 is 2. The first-order valence-electron chi connectivity index (χ1n) is 7.93. The minimum Gasteiger partial charge on any atom is -0.497 e. The number of thiocarbonyl (C=S) groups is 1. The Morgan fingerprint density at radius 2 is 2.12 bits per heavy atom. The molecule has 0 amide bonds. The number of nitrogens with one attached hydrogen (secondary N) is 3. The SMILES string of the molecule is COc1ccc(/C=N\NC(=S)NCC[NH+]2CCOCC2)c(OC)c1. The first-order chi connectivity index (χ1) is 11.7. The lowest BCUT2D eigenvalue weighted by molar-refractivity contribution is -0.906. The average molecular weight is 353 g/mol. The van der Waals surface area contributed by atoms with E-state index in [0.29, 0.717) is 10.9 Å². The number of hydrogen-bond acceptors (Lipinski definition) is 5.